The van der Waals surface area contributed by atoms with Crippen molar-refractivity contribution >= 4 is 23.4 Å². The van der Waals surface area contributed by atoms with E-state index in [9.17, 15) is 14.4 Å². The SMILES string of the molecule is CCN1c2ccc(/C=C(\C#N)C(=O)Nc3ccc(F)cc3)cc2C(C)CC1(C)C. The molecule has 150 valence electrons. The highest BCUT2D eigenvalue weighted by atomic mass is 19.1. The van der Waals surface area contributed by atoms with E-state index in [2.05, 4.69) is 50.0 Å². The molecule has 3 rings (SSSR count). The first-order chi connectivity index (χ1) is 13.7. The van der Waals surface area contributed by atoms with Gasteiger partial charge in [-0.2, -0.15) is 5.26 Å². The summed E-state index contributed by atoms with van der Waals surface area (Å²) in [6.07, 6.45) is 2.64. The molecule has 2 aromatic rings. The smallest absolute Gasteiger partial charge is 0.266 e. The third-order valence-corrected chi connectivity index (χ3v) is 5.50. The fraction of sp³-hybridized carbons (Fsp3) is 0.333. The largest absolute Gasteiger partial charge is 0.366 e. The van der Waals surface area contributed by atoms with Gasteiger partial charge in [0.1, 0.15) is 17.5 Å². The predicted molar refractivity (Wildman–Crippen MR) is 115 cm³/mol. The lowest BCUT2D eigenvalue weighted by Gasteiger charge is -2.47. The average molecular weight is 391 g/mol. The Balaban J connectivity index is 1.89. The highest BCUT2D eigenvalue weighted by molar-refractivity contribution is 6.09. The van der Waals surface area contributed by atoms with E-state index in [1.54, 1.807) is 6.08 Å². The molecule has 1 aliphatic heterocycles. The Kier molecular flexibility index (Phi) is 5.74. The number of carbonyl (C=O) groups is 1. The minimum absolute atomic E-state index is 0.00501. The summed E-state index contributed by atoms with van der Waals surface area (Å²) in [7, 11) is 0. The summed E-state index contributed by atoms with van der Waals surface area (Å²) in [5.74, 6) is -0.512. The first kappa shape index (κ1) is 20.6. The van der Waals surface area contributed by atoms with Crippen molar-refractivity contribution in [1.29, 1.82) is 5.26 Å². The molecule has 0 saturated heterocycles. The summed E-state index contributed by atoms with van der Waals surface area (Å²) >= 11 is 0. The Bertz CT molecular complexity index is 986. The van der Waals surface area contributed by atoms with Gasteiger partial charge in [-0.25, -0.2) is 4.39 Å². The van der Waals surface area contributed by atoms with Gasteiger partial charge in [0, 0.05) is 23.5 Å². The molecule has 0 aliphatic carbocycles. The second kappa shape index (κ2) is 8.08. The van der Waals surface area contributed by atoms with E-state index < -0.39 is 5.91 Å². The van der Waals surface area contributed by atoms with Gasteiger partial charge in [-0.1, -0.05) is 13.0 Å². The van der Waals surface area contributed by atoms with Crippen LogP contribution in [0.2, 0.25) is 0 Å². The van der Waals surface area contributed by atoms with Crippen LogP contribution in [0.3, 0.4) is 0 Å². The van der Waals surface area contributed by atoms with Crippen molar-refractivity contribution in [2.24, 2.45) is 0 Å². The highest BCUT2D eigenvalue weighted by Crippen LogP contribution is 2.43. The predicted octanol–water partition coefficient (Wildman–Crippen LogP) is 5.48. The Morgan fingerprint density at radius 2 is 2.00 bits per heavy atom. The minimum Gasteiger partial charge on any atom is -0.366 e. The molecule has 1 heterocycles. The van der Waals surface area contributed by atoms with Gasteiger partial charge >= 0.3 is 0 Å². The first-order valence-corrected chi connectivity index (χ1v) is 9.85. The highest BCUT2D eigenvalue weighted by Gasteiger charge is 2.35. The molecule has 5 heteroatoms. The van der Waals surface area contributed by atoms with Crippen LogP contribution in [0.15, 0.2) is 48.0 Å². The van der Waals surface area contributed by atoms with E-state index in [-0.39, 0.29) is 16.9 Å². The van der Waals surface area contributed by atoms with E-state index in [0.29, 0.717) is 11.6 Å². The lowest BCUT2D eigenvalue weighted by molar-refractivity contribution is -0.112. The third kappa shape index (κ3) is 4.32. The molecule has 0 fully saturated rings. The van der Waals surface area contributed by atoms with Gasteiger partial charge in [0.15, 0.2) is 0 Å². The Morgan fingerprint density at radius 1 is 1.31 bits per heavy atom. The molecule has 1 atom stereocenters. The van der Waals surface area contributed by atoms with Gasteiger partial charge in [0.2, 0.25) is 0 Å². The lowest BCUT2D eigenvalue weighted by atomic mass is 9.79. The number of nitriles is 1. The molecule has 2 aromatic carbocycles. The summed E-state index contributed by atoms with van der Waals surface area (Å²) < 4.78 is 13.0. The number of nitrogens with zero attached hydrogens (tertiary/aromatic N) is 2. The fourth-order valence-corrected chi connectivity index (χ4v) is 4.24. The number of benzene rings is 2. The second-order valence-electron chi connectivity index (χ2n) is 8.11. The summed E-state index contributed by atoms with van der Waals surface area (Å²) in [5, 5.41) is 12.1. The number of amides is 1. The van der Waals surface area contributed by atoms with E-state index >= 15 is 0 Å². The molecule has 1 unspecified atom stereocenters. The number of anilines is 2. The van der Waals surface area contributed by atoms with Gasteiger partial charge < -0.3 is 10.2 Å². The van der Waals surface area contributed by atoms with Crippen LogP contribution in [-0.4, -0.2) is 18.0 Å². The van der Waals surface area contributed by atoms with Crippen molar-refractivity contribution in [3.63, 3.8) is 0 Å². The van der Waals surface area contributed by atoms with Gasteiger partial charge in [-0.05, 0) is 86.7 Å². The number of hydrogen-bond acceptors (Lipinski definition) is 3. The molecule has 1 N–H and O–H groups in total. The van der Waals surface area contributed by atoms with Crippen LogP contribution in [0.4, 0.5) is 15.8 Å². The molecule has 29 heavy (non-hydrogen) atoms. The average Bonchev–Trinajstić information content (AvgIpc) is 2.67. The molecule has 0 aromatic heterocycles. The maximum Gasteiger partial charge on any atom is 0.266 e. The van der Waals surface area contributed by atoms with Crippen molar-refractivity contribution < 1.29 is 9.18 Å². The summed E-state index contributed by atoms with van der Waals surface area (Å²) in [6.45, 7) is 9.82. The Labute approximate surface area is 171 Å². The van der Waals surface area contributed by atoms with Crippen LogP contribution in [0.25, 0.3) is 6.08 Å². The molecule has 4 nitrogen and oxygen atoms in total. The molecule has 0 saturated carbocycles. The second-order valence-corrected chi connectivity index (χ2v) is 8.11. The van der Waals surface area contributed by atoms with Crippen molar-refractivity contribution in [2.75, 3.05) is 16.8 Å². The van der Waals surface area contributed by atoms with Crippen LogP contribution < -0.4 is 10.2 Å². The lowest BCUT2D eigenvalue weighted by Crippen LogP contribution is -2.48. The van der Waals surface area contributed by atoms with E-state index in [0.717, 1.165) is 18.5 Å². The third-order valence-electron chi connectivity index (χ3n) is 5.50. The normalized spacial score (nSPS) is 18.0. The standard InChI is InChI=1S/C24H26FN3O/c1-5-28-22-11-6-17(13-21(22)16(2)14-24(28,3)4)12-18(15-26)23(29)27-20-9-7-19(25)8-10-20/h6-13,16H,5,14H2,1-4H3,(H,27,29)/b18-12+. The number of fused-ring (bicyclic) bond motifs is 1. The van der Waals surface area contributed by atoms with Crippen LogP contribution in [-0.2, 0) is 4.79 Å². The van der Waals surface area contributed by atoms with Gasteiger partial charge in [0.05, 0.1) is 0 Å². The monoisotopic (exact) mass is 391 g/mol. The number of hydrogen-bond donors (Lipinski definition) is 1. The van der Waals surface area contributed by atoms with Crippen LogP contribution in [0.5, 0.6) is 0 Å². The van der Waals surface area contributed by atoms with Gasteiger partial charge in [-0.15, -0.1) is 0 Å². The molecule has 0 radical (unpaired) electrons. The minimum atomic E-state index is -0.513. The van der Waals surface area contributed by atoms with Crippen molar-refractivity contribution in [3.8, 4) is 6.07 Å². The number of halogens is 1. The van der Waals surface area contributed by atoms with Gasteiger partial charge in [0.25, 0.3) is 5.91 Å². The first-order valence-electron chi connectivity index (χ1n) is 9.85. The van der Waals surface area contributed by atoms with E-state index in [1.807, 2.05) is 12.1 Å². The topological polar surface area (TPSA) is 56.1 Å². The molecule has 1 amide bonds. The fourth-order valence-electron chi connectivity index (χ4n) is 4.24. The zero-order valence-corrected chi connectivity index (χ0v) is 17.3. The Morgan fingerprint density at radius 3 is 2.62 bits per heavy atom. The molecular weight excluding hydrogens is 365 g/mol. The van der Waals surface area contributed by atoms with Crippen LogP contribution >= 0.6 is 0 Å². The van der Waals surface area contributed by atoms with Crippen LogP contribution in [0.1, 0.15) is 51.2 Å². The van der Waals surface area contributed by atoms with Crippen molar-refractivity contribution in [2.45, 2.75) is 45.6 Å². The summed E-state index contributed by atoms with van der Waals surface area (Å²) in [6, 6.07) is 13.5. The zero-order valence-electron chi connectivity index (χ0n) is 17.3. The van der Waals surface area contributed by atoms with Crippen molar-refractivity contribution in [1.82, 2.24) is 0 Å². The maximum atomic E-state index is 13.0. The molecular formula is C24H26FN3O. The molecule has 0 bridgehead atoms. The van der Waals surface area contributed by atoms with E-state index in [1.165, 1.54) is 35.5 Å². The molecule has 1 aliphatic rings. The summed E-state index contributed by atoms with van der Waals surface area (Å²) in [4.78, 5) is 14.9. The zero-order chi connectivity index (χ0) is 21.2. The van der Waals surface area contributed by atoms with Gasteiger partial charge in [-0.3, -0.25) is 4.79 Å². The number of rotatable bonds is 4. The number of nitrogens with one attached hydrogen (secondary N) is 1. The van der Waals surface area contributed by atoms with Crippen molar-refractivity contribution in [3.05, 3.63) is 65.0 Å². The van der Waals surface area contributed by atoms with Crippen LogP contribution in [0, 0.1) is 17.1 Å². The molecule has 0 spiro atoms. The number of carbonyl (C=O) groups excluding carboxylic acids is 1. The summed E-state index contributed by atoms with van der Waals surface area (Å²) in [5.41, 5.74) is 3.80. The quantitative estimate of drug-likeness (QED) is 0.554. The Hall–Kier alpha value is -3.13. The van der Waals surface area contributed by atoms with E-state index in [4.69, 9.17) is 0 Å². The maximum absolute atomic E-state index is 13.0.